The molecule has 0 unspecified atom stereocenters. The van der Waals surface area contributed by atoms with Crippen molar-refractivity contribution in [1.29, 1.82) is 0 Å². The number of carboxylic acid groups (broad SMARTS) is 1. The van der Waals surface area contributed by atoms with Crippen LogP contribution < -0.4 is 4.74 Å². The van der Waals surface area contributed by atoms with E-state index in [2.05, 4.69) is 0 Å². The zero-order valence-electron chi connectivity index (χ0n) is 10.4. The van der Waals surface area contributed by atoms with Crippen LogP contribution in [0.15, 0.2) is 35.9 Å². The van der Waals surface area contributed by atoms with Gasteiger partial charge in [0.15, 0.2) is 0 Å². The minimum atomic E-state index is -0.852. The maximum absolute atomic E-state index is 11.1. The van der Waals surface area contributed by atoms with Crippen molar-refractivity contribution in [2.45, 2.75) is 20.3 Å². The van der Waals surface area contributed by atoms with Gasteiger partial charge in [0.05, 0.1) is 7.11 Å². The first-order valence-electron chi connectivity index (χ1n) is 5.60. The number of methoxy groups -OCH3 is 1. The molecule has 1 aromatic carbocycles. The standard InChI is InChI=1S/C14H18O3/c1-10(2)8-12(14(15)16)9-11-4-6-13(17-3)7-5-11/h4-8,10H,9H2,1-3H3,(H,15,16). The van der Waals surface area contributed by atoms with Crippen LogP contribution in [-0.2, 0) is 11.2 Å². The highest BCUT2D eigenvalue weighted by atomic mass is 16.5. The van der Waals surface area contributed by atoms with Crippen molar-refractivity contribution in [2.75, 3.05) is 7.11 Å². The molecule has 3 heteroatoms. The molecule has 1 rings (SSSR count). The van der Waals surface area contributed by atoms with Crippen LogP contribution >= 0.6 is 0 Å². The minimum Gasteiger partial charge on any atom is -0.497 e. The Balaban J connectivity index is 2.83. The van der Waals surface area contributed by atoms with Crippen LogP contribution in [0.25, 0.3) is 0 Å². The lowest BCUT2D eigenvalue weighted by atomic mass is 10.0. The Labute approximate surface area is 102 Å². The van der Waals surface area contributed by atoms with E-state index in [-0.39, 0.29) is 5.92 Å². The average molecular weight is 234 g/mol. The maximum Gasteiger partial charge on any atom is 0.331 e. The quantitative estimate of drug-likeness (QED) is 0.797. The molecule has 0 atom stereocenters. The number of carboxylic acids is 1. The smallest absolute Gasteiger partial charge is 0.331 e. The van der Waals surface area contributed by atoms with E-state index in [0.717, 1.165) is 11.3 Å². The van der Waals surface area contributed by atoms with Crippen molar-refractivity contribution in [3.63, 3.8) is 0 Å². The summed E-state index contributed by atoms with van der Waals surface area (Å²) in [4.78, 5) is 11.1. The van der Waals surface area contributed by atoms with Gasteiger partial charge in [-0.15, -0.1) is 0 Å². The Bertz CT molecular complexity index is 402. The lowest BCUT2D eigenvalue weighted by Gasteiger charge is -2.06. The Morgan fingerprint density at radius 1 is 1.35 bits per heavy atom. The molecule has 17 heavy (non-hydrogen) atoms. The number of carbonyl (C=O) groups is 1. The second kappa shape index (κ2) is 6.09. The van der Waals surface area contributed by atoms with Crippen LogP contribution in [0.3, 0.4) is 0 Å². The third-order valence-electron chi connectivity index (χ3n) is 2.36. The van der Waals surface area contributed by atoms with Crippen LogP contribution in [0.4, 0.5) is 0 Å². The van der Waals surface area contributed by atoms with Crippen LogP contribution in [0.5, 0.6) is 5.75 Å². The van der Waals surface area contributed by atoms with E-state index >= 15 is 0 Å². The molecule has 3 nitrogen and oxygen atoms in total. The number of ether oxygens (including phenoxy) is 1. The lowest BCUT2D eigenvalue weighted by molar-refractivity contribution is -0.132. The third-order valence-corrected chi connectivity index (χ3v) is 2.36. The van der Waals surface area contributed by atoms with E-state index in [0.29, 0.717) is 12.0 Å². The summed E-state index contributed by atoms with van der Waals surface area (Å²) in [5.41, 5.74) is 1.41. The van der Waals surface area contributed by atoms with Crippen molar-refractivity contribution >= 4 is 5.97 Å². The summed E-state index contributed by atoms with van der Waals surface area (Å²) in [6.45, 7) is 3.94. The number of hydrogen-bond donors (Lipinski definition) is 1. The summed E-state index contributed by atoms with van der Waals surface area (Å²) >= 11 is 0. The summed E-state index contributed by atoms with van der Waals surface area (Å²) in [6.07, 6.45) is 2.23. The summed E-state index contributed by atoms with van der Waals surface area (Å²) in [7, 11) is 1.61. The number of hydrogen-bond acceptors (Lipinski definition) is 2. The monoisotopic (exact) mass is 234 g/mol. The summed E-state index contributed by atoms with van der Waals surface area (Å²) < 4.78 is 5.06. The van der Waals surface area contributed by atoms with Gasteiger partial charge in [0, 0.05) is 12.0 Å². The van der Waals surface area contributed by atoms with Gasteiger partial charge in [-0.05, 0) is 23.6 Å². The number of allylic oxidation sites excluding steroid dienone is 1. The normalized spacial score (nSPS) is 11.6. The fourth-order valence-electron chi connectivity index (χ4n) is 1.57. The topological polar surface area (TPSA) is 46.5 Å². The number of aliphatic carboxylic acids is 1. The average Bonchev–Trinajstić information content (AvgIpc) is 2.28. The first kappa shape index (κ1) is 13.3. The molecule has 0 fully saturated rings. The number of rotatable bonds is 5. The Morgan fingerprint density at radius 3 is 2.35 bits per heavy atom. The Morgan fingerprint density at radius 2 is 1.94 bits per heavy atom. The molecule has 0 saturated heterocycles. The van der Waals surface area contributed by atoms with Gasteiger partial charge >= 0.3 is 5.97 Å². The first-order valence-corrected chi connectivity index (χ1v) is 5.60. The van der Waals surface area contributed by atoms with Crippen molar-refractivity contribution in [3.05, 3.63) is 41.5 Å². The highest BCUT2D eigenvalue weighted by Crippen LogP contribution is 2.15. The van der Waals surface area contributed by atoms with Crippen molar-refractivity contribution in [2.24, 2.45) is 5.92 Å². The second-order valence-electron chi connectivity index (χ2n) is 4.27. The van der Waals surface area contributed by atoms with E-state index in [4.69, 9.17) is 9.84 Å². The highest BCUT2D eigenvalue weighted by Gasteiger charge is 2.09. The zero-order chi connectivity index (χ0) is 12.8. The Hall–Kier alpha value is -1.77. The van der Waals surface area contributed by atoms with Gasteiger partial charge in [-0.3, -0.25) is 0 Å². The maximum atomic E-state index is 11.1. The molecule has 1 N–H and O–H groups in total. The molecule has 92 valence electrons. The van der Waals surface area contributed by atoms with Gasteiger partial charge < -0.3 is 9.84 Å². The molecular formula is C14H18O3. The van der Waals surface area contributed by atoms with Gasteiger partial charge in [0.1, 0.15) is 5.75 Å². The van der Waals surface area contributed by atoms with E-state index in [1.807, 2.05) is 38.1 Å². The second-order valence-corrected chi connectivity index (χ2v) is 4.27. The molecule has 0 saturated carbocycles. The number of benzene rings is 1. The molecule has 0 radical (unpaired) electrons. The van der Waals surface area contributed by atoms with E-state index < -0.39 is 5.97 Å². The van der Waals surface area contributed by atoms with Crippen molar-refractivity contribution in [1.82, 2.24) is 0 Å². The van der Waals surface area contributed by atoms with E-state index in [1.54, 1.807) is 13.2 Å². The molecule has 0 bridgehead atoms. The SMILES string of the molecule is COc1ccc(CC(=CC(C)C)C(=O)O)cc1. The predicted molar refractivity (Wildman–Crippen MR) is 67.3 cm³/mol. The molecule has 0 aliphatic rings. The van der Waals surface area contributed by atoms with Gasteiger partial charge in [-0.1, -0.05) is 32.1 Å². The third kappa shape index (κ3) is 4.31. The predicted octanol–water partition coefficient (Wildman–Crippen LogP) is 2.90. The van der Waals surface area contributed by atoms with Crippen LogP contribution in [0.2, 0.25) is 0 Å². The van der Waals surface area contributed by atoms with Crippen LogP contribution in [0, 0.1) is 5.92 Å². The Kier molecular flexibility index (Phi) is 4.76. The zero-order valence-corrected chi connectivity index (χ0v) is 10.4. The lowest BCUT2D eigenvalue weighted by Crippen LogP contribution is -2.05. The fraction of sp³-hybridized carbons (Fsp3) is 0.357. The molecule has 1 aromatic rings. The van der Waals surface area contributed by atoms with E-state index in [9.17, 15) is 4.79 Å². The van der Waals surface area contributed by atoms with Crippen LogP contribution in [-0.4, -0.2) is 18.2 Å². The highest BCUT2D eigenvalue weighted by molar-refractivity contribution is 5.87. The van der Waals surface area contributed by atoms with Crippen molar-refractivity contribution < 1.29 is 14.6 Å². The summed E-state index contributed by atoms with van der Waals surface area (Å²) in [6, 6.07) is 7.44. The minimum absolute atomic E-state index is 0.236. The van der Waals surface area contributed by atoms with E-state index in [1.165, 1.54) is 0 Å². The van der Waals surface area contributed by atoms with Gasteiger partial charge in [0.2, 0.25) is 0 Å². The summed E-state index contributed by atoms with van der Waals surface area (Å²) in [5, 5.41) is 9.09. The van der Waals surface area contributed by atoms with Crippen molar-refractivity contribution in [3.8, 4) is 5.75 Å². The fourth-order valence-corrected chi connectivity index (χ4v) is 1.57. The van der Waals surface area contributed by atoms with Gasteiger partial charge in [0.25, 0.3) is 0 Å². The largest absolute Gasteiger partial charge is 0.497 e. The van der Waals surface area contributed by atoms with Crippen LogP contribution in [0.1, 0.15) is 19.4 Å². The molecule has 0 aromatic heterocycles. The summed E-state index contributed by atoms with van der Waals surface area (Å²) in [5.74, 6) is 0.160. The molecular weight excluding hydrogens is 216 g/mol. The molecule has 0 aliphatic heterocycles. The molecule has 0 spiro atoms. The molecule has 0 amide bonds. The molecule has 0 heterocycles. The first-order chi connectivity index (χ1) is 8.02. The van der Waals surface area contributed by atoms with Gasteiger partial charge in [-0.2, -0.15) is 0 Å². The van der Waals surface area contributed by atoms with Gasteiger partial charge in [-0.25, -0.2) is 4.79 Å². The molecule has 0 aliphatic carbocycles.